The number of halogens is 3. The molecule has 3 rings (SSSR count). The van der Waals surface area contributed by atoms with E-state index in [4.69, 9.17) is 23.2 Å². The van der Waals surface area contributed by atoms with Crippen LogP contribution >= 0.6 is 23.2 Å². The van der Waals surface area contributed by atoms with Gasteiger partial charge in [0.25, 0.3) is 5.91 Å². The minimum absolute atomic E-state index is 0.00732. The van der Waals surface area contributed by atoms with Gasteiger partial charge in [-0.2, -0.15) is 0 Å². The Balaban J connectivity index is 1.83. The van der Waals surface area contributed by atoms with Gasteiger partial charge in [0.1, 0.15) is 10.7 Å². The van der Waals surface area contributed by atoms with E-state index in [2.05, 4.69) is 17.0 Å². The van der Waals surface area contributed by atoms with Crippen LogP contribution in [0.15, 0.2) is 41.3 Å². The molecule has 0 aromatic heterocycles. The molecular formula is C21H23Cl2FN2O3S. The van der Waals surface area contributed by atoms with Crippen LogP contribution in [0.25, 0.3) is 0 Å². The van der Waals surface area contributed by atoms with Crippen LogP contribution in [0, 0.1) is 17.7 Å². The Morgan fingerprint density at radius 3 is 2.50 bits per heavy atom. The van der Waals surface area contributed by atoms with Gasteiger partial charge in [-0.25, -0.2) is 17.5 Å². The summed E-state index contributed by atoms with van der Waals surface area (Å²) in [6.07, 6.45) is 2.65. The van der Waals surface area contributed by atoms with E-state index in [1.165, 1.54) is 18.2 Å². The summed E-state index contributed by atoms with van der Waals surface area (Å²) in [6.45, 7) is 4.08. The molecule has 0 spiro atoms. The maximum Gasteiger partial charge on any atom is 0.255 e. The number of amides is 1. The first-order chi connectivity index (χ1) is 14.1. The smallest absolute Gasteiger partial charge is 0.255 e. The summed E-state index contributed by atoms with van der Waals surface area (Å²) < 4.78 is 42.8. The molecule has 3 atom stereocenters. The normalized spacial score (nSPS) is 22.0. The molecule has 162 valence electrons. The zero-order chi connectivity index (χ0) is 22.1. The van der Waals surface area contributed by atoms with Gasteiger partial charge in [-0.05, 0) is 54.7 Å². The van der Waals surface area contributed by atoms with Gasteiger partial charge in [-0.15, -0.1) is 0 Å². The molecule has 0 radical (unpaired) electrons. The second kappa shape index (κ2) is 9.22. The maximum absolute atomic E-state index is 14.4. The highest BCUT2D eigenvalue weighted by Crippen LogP contribution is 2.31. The van der Waals surface area contributed by atoms with Gasteiger partial charge in [0, 0.05) is 17.3 Å². The largest absolute Gasteiger partial charge is 0.322 e. The maximum atomic E-state index is 14.4. The van der Waals surface area contributed by atoms with Crippen LogP contribution < -0.4 is 10.0 Å². The molecule has 0 unspecified atom stereocenters. The van der Waals surface area contributed by atoms with Crippen molar-refractivity contribution in [3.63, 3.8) is 0 Å². The lowest BCUT2D eigenvalue weighted by Gasteiger charge is -2.34. The second-order valence-electron chi connectivity index (χ2n) is 7.72. The zero-order valence-electron chi connectivity index (χ0n) is 16.6. The first-order valence-electron chi connectivity index (χ1n) is 9.67. The van der Waals surface area contributed by atoms with Gasteiger partial charge in [0.2, 0.25) is 10.0 Å². The summed E-state index contributed by atoms with van der Waals surface area (Å²) in [6, 6.07) is 7.53. The predicted octanol–water partition coefficient (Wildman–Crippen LogP) is 5.49. The summed E-state index contributed by atoms with van der Waals surface area (Å²) in [7, 11) is -4.13. The molecule has 0 bridgehead atoms. The van der Waals surface area contributed by atoms with Crippen molar-refractivity contribution < 1.29 is 17.6 Å². The van der Waals surface area contributed by atoms with Gasteiger partial charge in [-0.1, -0.05) is 49.9 Å². The molecular weight excluding hydrogens is 450 g/mol. The number of carbonyl (C=O) groups excluding carboxylic acids is 1. The van der Waals surface area contributed by atoms with Crippen LogP contribution in [-0.4, -0.2) is 20.4 Å². The number of hydrogen-bond donors (Lipinski definition) is 2. The fourth-order valence-corrected chi connectivity index (χ4v) is 5.40. The first kappa shape index (κ1) is 23.0. The minimum Gasteiger partial charge on any atom is -0.322 e. The third-order valence-electron chi connectivity index (χ3n) is 5.67. The highest BCUT2D eigenvalue weighted by atomic mass is 35.5. The number of nitrogens with one attached hydrogen (secondary N) is 2. The zero-order valence-corrected chi connectivity index (χ0v) is 18.9. The number of carbonyl (C=O) groups is 1. The molecule has 30 heavy (non-hydrogen) atoms. The highest BCUT2D eigenvalue weighted by Gasteiger charge is 2.32. The van der Waals surface area contributed by atoms with Crippen molar-refractivity contribution in [2.45, 2.75) is 44.0 Å². The van der Waals surface area contributed by atoms with Crippen molar-refractivity contribution in [1.82, 2.24) is 4.72 Å². The van der Waals surface area contributed by atoms with E-state index in [-0.39, 0.29) is 22.5 Å². The lowest BCUT2D eigenvalue weighted by Crippen LogP contribution is -2.43. The molecule has 1 aliphatic rings. The van der Waals surface area contributed by atoms with Crippen LogP contribution in [0.5, 0.6) is 0 Å². The van der Waals surface area contributed by atoms with Crippen molar-refractivity contribution in [3.8, 4) is 0 Å². The van der Waals surface area contributed by atoms with Gasteiger partial charge < -0.3 is 5.32 Å². The van der Waals surface area contributed by atoms with Crippen molar-refractivity contribution in [1.29, 1.82) is 0 Å². The molecule has 1 amide bonds. The van der Waals surface area contributed by atoms with E-state index in [9.17, 15) is 17.6 Å². The summed E-state index contributed by atoms with van der Waals surface area (Å²) in [5.41, 5.74) is 0.388. The van der Waals surface area contributed by atoms with Crippen LogP contribution in [0.3, 0.4) is 0 Å². The van der Waals surface area contributed by atoms with E-state index >= 15 is 0 Å². The van der Waals surface area contributed by atoms with Crippen molar-refractivity contribution in [2.24, 2.45) is 11.8 Å². The van der Waals surface area contributed by atoms with Crippen molar-refractivity contribution >= 4 is 44.8 Å². The van der Waals surface area contributed by atoms with E-state index in [1.807, 2.05) is 6.92 Å². The van der Waals surface area contributed by atoms with E-state index in [0.717, 1.165) is 25.0 Å². The summed E-state index contributed by atoms with van der Waals surface area (Å²) in [5, 5.41) is 3.20. The van der Waals surface area contributed by atoms with Crippen LogP contribution in [-0.2, 0) is 10.0 Å². The predicted molar refractivity (Wildman–Crippen MR) is 117 cm³/mol. The Bertz CT molecular complexity index is 1060. The first-order valence-corrected chi connectivity index (χ1v) is 11.9. The standard InChI is InChI=1S/C21H23Cl2FN2O3S/c1-12-4-3-5-19(13(12)2)26-30(28,29)20-10-14(6-9-18(20)24)21(27)25-15-7-8-16(22)17(23)11-15/h6-13,19,26H,3-5H2,1-2H3,(H,25,27)/t12-,13+,19+/m1/s1. The molecule has 0 saturated heterocycles. The average molecular weight is 473 g/mol. The molecule has 1 aliphatic carbocycles. The minimum atomic E-state index is -4.13. The Morgan fingerprint density at radius 2 is 1.80 bits per heavy atom. The molecule has 1 saturated carbocycles. The summed E-state index contributed by atoms with van der Waals surface area (Å²) in [4.78, 5) is 12.0. The SMILES string of the molecule is C[C@H]1[C@H](C)CCC[C@@H]1NS(=O)(=O)c1cc(C(=O)Nc2ccc(Cl)c(Cl)c2)ccc1F. The number of sulfonamides is 1. The summed E-state index contributed by atoms with van der Waals surface area (Å²) >= 11 is 11.8. The van der Waals surface area contributed by atoms with Gasteiger partial charge in [0.15, 0.2) is 0 Å². The van der Waals surface area contributed by atoms with E-state index in [1.54, 1.807) is 6.07 Å². The topological polar surface area (TPSA) is 75.3 Å². The summed E-state index contributed by atoms with van der Waals surface area (Å²) in [5.74, 6) is -0.994. The molecule has 0 aliphatic heterocycles. The Hall–Kier alpha value is -1.67. The molecule has 9 heteroatoms. The number of hydrogen-bond acceptors (Lipinski definition) is 3. The fourth-order valence-electron chi connectivity index (χ4n) is 3.64. The number of rotatable bonds is 5. The number of benzene rings is 2. The molecule has 0 heterocycles. The van der Waals surface area contributed by atoms with E-state index in [0.29, 0.717) is 23.0 Å². The second-order valence-corrected chi connectivity index (χ2v) is 10.2. The molecule has 2 aromatic carbocycles. The Kier molecular flexibility index (Phi) is 7.07. The molecule has 2 N–H and O–H groups in total. The van der Waals surface area contributed by atoms with Gasteiger partial charge in [0.05, 0.1) is 10.0 Å². The average Bonchev–Trinajstić information content (AvgIpc) is 2.68. The quantitative estimate of drug-likeness (QED) is 0.603. The van der Waals surface area contributed by atoms with Crippen molar-refractivity contribution in [3.05, 3.63) is 57.8 Å². The Labute approximate surface area is 186 Å². The molecule has 5 nitrogen and oxygen atoms in total. The Morgan fingerprint density at radius 1 is 1.07 bits per heavy atom. The monoisotopic (exact) mass is 472 g/mol. The molecule has 2 aromatic rings. The number of anilines is 1. The van der Waals surface area contributed by atoms with Gasteiger partial charge in [-0.3, -0.25) is 4.79 Å². The lowest BCUT2D eigenvalue weighted by molar-refractivity contribution is 0.102. The van der Waals surface area contributed by atoms with Crippen LogP contribution in [0.4, 0.5) is 10.1 Å². The van der Waals surface area contributed by atoms with Gasteiger partial charge >= 0.3 is 0 Å². The van der Waals surface area contributed by atoms with E-state index < -0.39 is 26.6 Å². The van der Waals surface area contributed by atoms with Crippen LogP contribution in [0.2, 0.25) is 10.0 Å². The third-order valence-corrected chi connectivity index (χ3v) is 7.92. The highest BCUT2D eigenvalue weighted by molar-refractivity contribution is 7.89. The lowest BCUT2D eigenvalue weighted by atomic mass is 9.78. The van der Waals surface area contributed by atoms with Crippen molar-refractivity contribution in [2.75, 3.05) is 5.32 Å². The fraction of sp³-hybridized carbons (Fsp3) is 0.381. The van der Waals surface area contributed by atoms with Crippen LogP contribution in [0.1, 0.15) is 43.5 Å². The third kappa shape index (κ3) is 5.14. The molecule has 1 fully saturated rings.